The number of hydrogen-bond acceptors (Lipinski definition) is 3. The fourth-order valence-electron chi connectivity index (χ4n) is 2.85. The first-order valence-corrected chi connectivity index (χ1v) is 6.09. The maximum absolute atomic E-state index is 9.66. The summed E-state index contributed by atoms with van der Waals surface area (Å²) >= 11 is 0. The van der Waals surface area contributed by atoms with Crippen LogP contribution in [0.4, 0.5) is 0 Å². The van der Waals surface area contributed by atoms with Gasteiger partial charge < -0.3 is 15.2 Å². The highest BCUT2D eigenvalue weighted by molar-refractivity contribution is 4.89. The third-order valence-corrected chi connectivity index (χ3v) is 3.71. The van der Waals surface area contributed by atoms with Crippen LogP contribution in [-0.4, -0.2) is 36.5 Å². The smallest absolute Gasteiger partial charge is 0.0948 e. The predicted molar refractivity (Wildman–Crippen MR) is 59.8 cm³/mol. The lowest BCUT2D eigenvalue weighted by atomic mass is 9.75. The third kappa shape index (κ3) is 2.92. The molecule has 0 spiro atoms. The zero-order valence-electron chi connectivity index (χ0n) is 9.83. The van der Waals surface area contributed by atoms with Crippen molar-refractivity contribution >= 4 is 0 Å². The van der Waals surface area contributed by atoms with Gasteiger partial charge in [0.1, 0.15) is 0 Å². The van der Waals surface area contributed by atoms with Crippen LogP contribution in [0.5, 0.6) is 0 Å². The highest BCUT2D eigenvalue weighted by atomic mass is 16.5. The number of ether oxygens (including phenoxy) is 1. The van der Waals surface area contributed by atoms with E-state index in [2.05, 4.69) is 19.2 Å². The maximum Gasteiger partial charge on any atom is 0.0948 e. The van der Waals surface area contributed by atoms with Crippen molar-refractivity contribution in [2.24, 2.45) is 5.41 Å². The molecule has 15 heavy (non-hydrogen) atoms. The lowest BCUT2D eigenvalue weighted by Gasteiger charge is -2.37. The zero-order chi connectivity index (χ0) is 10.9. The molecule has 2 fully saturated rings. The number of aliphatic hydroxyl groups excluding tert-OH is 1. The minimum atomic E-state index is -0.310. The average molecular weight is 213 g/mol. The van der Waals surface area contributed by atoms with E-state index in [4.69, 9.17) is 4.74 Å². The molecule has 0 aromatic rings. The van der Waals surface area contributed by atoms with Crippen molar-refractivity contribution < 1.29 is 9.84 Å². The molecule has 2 aliphatic rings. The van der Waals surface area contributed by atoms with E-state index in [1.54, 1.807) is 0 Å². The summed E-state index contributed by atoms with van der Waals surface area (Å²) in [5.41, 5.74) is 0.459. The van der Waals surface area contributed by atoms with Crippen LogP contribution in [0.15, 0.2) is 0 Å². The van der Waals surface area contributed by atoms with Crippen LogP contribution < -0.4 is 5.32 Å². The van der Waals surface area contributed by atoms with Crippen LogP contribution in [0.1, 0.15) is 39.5 Å². The summed E-state index contributed by atoms with van der Waals surface area (Å²) in [6, 6.07) is 0.721. The van der Waals surface area contributed by atoms with E-state index < -0.39 is 0 Å². The largest absolute Gasteiger partial charge is 0.389 e. The van der Waals surface area contributed by atoms with E-state index in [0.717, 1.165) is 0 Å². The number of rotatable bonds is 2. The first-order chi connectivity index (χ1) is 7.07. The van der Waals surface area contributed by atoms with Crippen molar-refractivity contribution in [1.82, 2.24) is 5.32 Å². The first-order valence-electron chi connectivity index (χ1n) is 6.09. The van der Waals surface area contributed by atoms with Gasteiger partial charge in [0.05, 0.1) is 25.4 Å². The molecule has 1 heterocycles. The van der Waals surface area contributed by atoms with Crippen LogP contribution >= 0.6 is 0 Å². The minimum absolute atomic E-state index is 0.156. The molecule has 2 N–H and O–H groups in total. The molecule has 88 valence electrons. The Morgan fingerprint density at radius 2 is 2.13 bits per heavy atom. The second-order valence-electron chi connectivity index (χ2n) is 5.84. The third-order valence-electron chi connectivity index (χ3n) is 3.71. The van der Waals surface area contributed by atoms with Crippen molar-refractivity contribution in [3.63, 3.8) is 0 Å². The predicted octanol–water partition coefficient (Wildman–Crippen LogP) is 1.30. The van der Waals surface area contributed by atoms with E-state index in [1.165, 1.54) is 25.7 Å². The van der Waals surface area contributed by atoms with Gasteiger partial charge in [-0.1, -0.05) is 20.3 Å². The molecule has 3 nitrogen and oxygen atoms in total. The summed E-state index contributed by atoms with van der Waals surface area (Å²) in [6.45, 7) is 5.83. The Morgan fingerprint density at radius 1 is 1.33 bits per heavy atom. The molecule has 3 heteroatoms. The second-order valence-corrected chi connectivity index (χ2v) is 5.84. The van der Waals surface area contributed by atoms with Crippen molar-refractivity contribution in [3.05, 3.63) is 0 Å². The lowest BCUT2D eigenvalue weighted by molar-refractivity contribution is 0.116. The SMILES string of the molecule is CC1(C)CCCC(NC2COCC2O)C1. The van der Waals surface area contributed by atoms with Crippen molar-refractivity contribution in [1.29, 1.82) is 0 Å². The van der Waals surface area contributed by atoms with Gasteiger partial charge in [0.15, 0.2) is 0 Å². The molecule has 3 atom stereocenters. The van der Waals surface area contributed by atoms with Crippen molar-refractivity contribution in [2.75, 3.05) is 13.2 Å². The van der Waals surface area contributed by atoms with E-state index in [9.17, 15) is 5.11 Å². The molecular weight excluding hydrogens is 190 g/mol. The minimum Gasteiger partial charge on any atom is -0.389 e. The van der Waals surface area contributed by atoms with Gasteiger partial charge in [-0.05, 0) is 24.7 Å². The van der Waals surface area contributed by atoms with Gasteiger partial charge in [0.25, 0.3) is 0 Å². The molecule has 1 aliphatic heterocycles. The molecule has 1 aliphatic carbocycles. The standard InChI is InChI=1S/C12H23NO2/c1-12(2)5-3-4-9(6-12)13-10-7-15-8-11(10)14/h9-11,13-14H,3-8H2,1-2H3. The summed E-state index contributed by atoms with van der Waals surface area (Å²) in [5, 5.41) is 13.2. The van der Waals surface area contributed by atoms with Crippen LogP contribution in [0.25, 0.3) is 0 Å². The summed E-state index contributed by atoms with van der Waals surface area (Å²) < 4.78 is 5.25. The van der Waals surface area contributed by atoms with Crippen molar-refractivity contribution in [3.8, 4) is 0 Å². The van der Waals surface area contributed by atoms with Crippen LogP contribution in [-0.2, 0) is 4.74 Å². The normalized spacial score (nSPS) is 40.6. The fourth-order valence-corrected chi connectivity index (χ4v) is 2.85. The summed E-state index contributed by atoms with van der Waals surface area (Å²) in [4.78, 5) is 0. The number of aliphatic hydroxyl groups is 1. The van der Waals surface area contributed by atoms with Gasteiger partial charge in [0, 0.05) is 6.04 Å². The molecule has 1 saturated carbocycles. The first kappa shape index (κ1) is 11.4. The van der Waals surface area contributed by atoms with Crippen LogP contribution in [0.3, 0.4) is 0 Å². The van der Waals surface area contributed by atoms with Gasteiger partial charge in [-0.25, -0.2) is 0 Å². The van der Waals surface area contributed by atoms with E-state index in [-0.39, 0.29) is 12.1 Å². The molecule has 0 aromatic heterocycles. The van der Waals surface area contributed by atoms with Crippen molar-refractivity contribution in [2.45, 2.75) is 57.7 Å². The van der Waals surface area contributed by atoms with E-state index in [0.29, 0.717) is 24.7 Å². The van der Waals surface area contributed by atoms with Gasteiger partial charge in [-0.15, -0.1) is 0 Å². The molecule has 0 aromatic carbocycles. The summed E-state index contributed by atoms with van der Waals surface area (Å²) in [6.07, 6.45) is 4.78. The quantitative estimate of drug-likeness (QED) is 0.726. The molecule has 0 radical (unpaired) electrons. The molecule has 0 bridgehead atoms. The Bertz CT molecular complexity index is 218. The Kier molecular flexibility index (Phi) is 3.33. The van der Waals surface area contributed by atoms with Gasteiger partial charge >= 0.3 is 0 Å². The van der Waals surface area contributed by atoms with Gasteiger partial charge in [0.2, 0.25) is 0 Å². The molecule has 0 amide bonds. The van der Waals surface area contributed by atoms with Gasteiger partial charge in [-0.2, -0.15) is 0 Å². The van der Waals surface area contributed by atoms with Crippen LogP contribution in [0, 0.1) is 5.41 Å². The average Bonchev–Trinajstić information content (AvgIpc) is 2.50. The number of hydrogen-bond donors (Lipinski definition) is 2. The molecular formula is C12H23NO2. The second kappa shape index (κ2) is 4.40. The lowest BCUT2D eigenvalue weighted by Crippen LogP contribution is -2.47. The number of nitrogens with one attached hydrogen (secondary N) is 1. The highest BCUT2D eigenvalue weighted by Gasteiger charge is 2.32. The fraction of sp³-hybridized carbons (Fsp3) is 1.00. The van der Waals surface area contributed by atoms with E-state index >= 15 is 0 Å². The molecule has 1 saturated heterocycles. The molecule has 2 rings (SSSR count). The maximum atomic E-state index is 9.66. The topological polar surface area (TPSA) is 41.5 Å². The highest BCUT2D eigenvalue weighted by Crippen LogP contribution is 2.35. The Balaban J connectivity index is 1.83. The Labute approximate surface area is 92.2 Å². The Morgan fingerprint density at radius 3 is 2.73 bits per heavy atom. The van der Waals surface area contributed by atoms with Crippen LogP contribution in [0.2, 0.25) is 0 Å². The van der Waals surface area contributed by atoms with E-state index in [1.807, 2.05) is 0 Å². The summed E-state index contributed by atoms with van der Waals surface area (Å²) in [5.74, 6) is 0. The zero-order valence-corrected chi connectivity index (χ0v) is 9.83. The molecule has 3 unspecified atom stereocenters. The monoisotopic (exact) mass is 213 g/mol. The van der Waals surface area contributed by atoms with Gasteiger partial charge in [-0.3, -0.25) is 0 Å². The Hall–Kier alpha value is -0.120. The summed E-state index contributed by atoms with van der Waals surface area (Å²) in [7, 11) is 0.